The molecule has 0 atom stereocenters. The number of pyridine rings is 1. The number of hydrogen-bond donors (Lipinski definition) is 1. The van der Waals surface area contributed by atoms with Gasteiger partial charge < -0.3 is 0 Å². The molecule has 3 aromatic heterocycles. The van der Waals surface area contributed by atoms with Gasteiger partial charge in [-0.05, 0) is 31.5 Å². The molecule has 80 valence electrons. The third kappa shape index (κ3) is 1.23. The van der Waals surface area contributed by atoms with Crippen LogP contribution in [-0.2, 0) is 0 Å². The van der Waals surface area contributed by atoms with Gasteiger partial charge in [0.15, 0.2) is 0 Å². The average Bonchev–Trinajstić information content (AvgIpc) is 2.83. The molecule has 0 saturated heterocycles. The van der Waals surface area contributed by atoms with Crippen LogP contribution in [0.1, 0.15) is 11.3 Å². The average molecular weight is 212 g/mol. The minimum atomic E-state index is 0.965. The van der Waals surface area contributed by atoms with Crippen molar-refractivity contribution in [2.45, 2.75) is 13.8 Å². The second-order valence-corrected chi connectivity index (χ2v) is 3.95. The first-order valence-corrected chi connectivity index (χ1v) is 5.21. The highest BCUT2D eigenvalue weighted by Gasteiger charge is 2.11. The second kappa shape index (κ2) is 3.20. The van der Waals surface area contributed by atoms with Crippen molar-refractivity contribution in [3.05, 3.63) is 41.9 Å². The zero-order valence-electron chi connectivity index (χ0n) is 9.23. The fourth-order valence-electron chi connectivity index (χ4n) is 1.98. The summed E-state index contributed by atoms with van der Waals surface area (Å²) in [5, 5.41) is 6.96. The van der Waals surface area contributed by atoms with Gasteiger partial charge in [0.05, 0.1) is 17.1 Å². The molecule has 0 saturated carbocycles. The minimum Gasteiger partial charge on any atom is -0.298 e. The van der Waals surface area contributed by atoms with Gasteiger partial charge in [-0.2, -0.15) is 5.10 Å². The summed E-state index contributed by atoms with van der Waals surface area (Å²) in [4.78, 5) is 4.53. The summed E-state index contributed by atoms with van der Waals surface area (Å²) in [6.07, 6.45) is 3.84. The lowest BCUT2D eigenvalue weighted by molar-refractivity contribution is 1.07. The molecule has 3 heterocycles. The van der Waals surface area contributed by atoms with E-state index in [9.17, 15) is 0 Å². The summed E-state index contributed by atoms with van der Waals surface area (Å²) in [6, 6.07) is 6.06. The first kappa shape index (κ1) is 9.15. The molecule has 1 N–H and O–H groups in total. The molecular formula is C12H12N4. The standard InChI is InChI=1S/C12H12N4/c1-8-3-4-11-14-9(2)12(16(11)7-8)10-5-6-13-15-10/h3-7H,1-2H3,(H,13,15). The van der Waals surface area contributed by atoms with Gasteiger partial charge >= 0.3 is 0 Å². The highest BCUT2D eigenvalue weighted by atomic mass is 15.1. The van der Waals surface area contributed by atoms with Crippen LogP contribution in [0.15, 0.2) is 30.6 Å². The minimum absolute atomic E-state index is 0.965. The molecule has 0 bridgehead atoms. The highest BCUT2D eigenvalue weighted by molar-refractivity contribution is 5.63. The van der Waals surface area contributed by atoms with Crippen molar-refractivity contribution in [1.82, 2.24) is 19.6 Å². The third-order valence-corrected chi connectivity index (χ3v) is 2.70. The molecule has 0 aliphatic carbocycles. The van der Waals surface area contributed by atoms with Crippen LogP contribution in [0.25, 0.3) is 17.0 Å². The molecule has 0 radical (unpaired) electrons. The van der Waals surface area contributed by atoms with E-state index in [2.05, 4.69) is 38.8 Å². The lowest BCUT2D eigenvalue weighted by Crippen LogP contribution is -1.90. The van der Waals surface area contributed by atoms with Crippen molar-refractivity contribution in [2.24, 2.45) is 0 Å². The maximum atomic E-state index is 4.53. The highest BCUT2D eigenvalue weighted by Crippen LogP contribution is 2.22. The number of rotatable bonds is 1. The lowest BCUT2D eigenvalue weighted by atomic mass is 10.2. The van der Waals surface area contributed by atoms with Crippen LogP contribution in [-0.4, -0.2) is 19.6 Å². The van der Waals surface area contributed by atoms with Gasteiger partial charge in [0.25, 0.3) is 0 Å². The van der Waals surface area contributed by atoms with E-state index < -0.39 is 0 Å². The van der Waals surface area contributed by atoms with E-state index in [4.69, 9.17) is 0 Å². The summed E-state index contributed by atoms with van der Waals surface area (Å²) in [5.74, 6) is 0. The SMILES string of the molecule is Cc1ccc2nc(C)c(-c3ccn[nH]3)n2c1. The zero-order valence-corrected chi connectivity index (χ0v) is 9.23. The maximum absolute atomic E-state index is 4.53. The van der Waals surface area contributed by atoms with Crippen LogP contribution in [0.5, 0.6) is 0 Å². The molecule has 4 nitrogen and oxygen atoms in total. The molecule has 16 heavy (non-hydrogen) atoms. The molecule has 3 rings (SSSR count). The normalized spacial score (nSPS) is 11.1. The number of aryl methyl sites for hydroxylation is 2. The molecule has 0 aromatic carbocycles. The maximum Gasteiger partial charge on any atom is 0.137 e. The van der Waals surface area contributed by atoms with E-state index in [-0.39, 0.29) is 0 Å². The Morgan fingerprint density at radius 1 is 1.19 bits per heavy atom. The van der Waals surface area contributed by atoms with Crippen molar-refractivity contribution in [3.63, 3.8) is 0 Å². The Labute approximate surface area is 93.0 Å². The second-order valence-electron chi connectivity index (χ2n) is 3.95. The Morgan fingerprint density at radius 3 is 2.81 bits per heavy atom. The zero-order chi connectivity index (χ0) is 11.1. The Bertz CT molecular complexity index is 634. The first-order chi connectivity index (χ1) is 7.75. The number of fused-ring (bicyclic) bond motifs is 1. The Hall–Kier alpha value is -2.10. The quantitative estimate of drug-likeness (QED) is 0.673. The molecule has 0 aliphatic rings. The third-order valence-electron chi connectivity index (χ3n) is 2.70. The van der Waals surface area contributed by atoms with E-state index in [1.54, 1.807) is 6.20 Å². The Morgan fingerprint density at radius 2 is 2.06 bits per heavy atom. The summed E-state index contributed by atoms with van der Waals surface area (Å²) < 4.78 is 2.10. The van der Waals surface area contributed by atoms with Crippen molar-refractivity contribution >= 4 is 5.65 Å². The summed E-state index contributed by atoms with van der Waals surface area (Å²) in [6.45, 7) is 4.09. The van der Waals surface area contributed by atoms with Crippen molar-refractivity contribution in [2.75, 3.05) is 0 Å². The summed E-state index contributed by atoms with van der Waals surface area (Å²) in [7, 11) is 0. The Kier molecular flexibility index (Phi) is 1.83. The lowest BCUT2D eigenvalue weighted by Gasteiger charge is -2.01. The number of H-pyrrole nitrogens is 1. The van der Waals surface area contributed by atoms with Crippen LogP contribution in [0.4, 0.5) is 0 Å². The van der Waals surface area contributed by atoms with Gasteiger partial charge in [-0.3, -0.25) is 9.50 Å². The Balaban J connectivity index is 2.38. The number of aromatic amines is 1. The number of hydrogen-bond acceptors (Lipinski definition) is 2. The monoisotopic (exact) mass is 212 g/mol. The van der Waals surface area contributed by atoms with Gasteiger partial charge in [0.1, 0.15) is 5.65 Å². The number of nitrogens with zero attached hydrogens (tertiary/aromatic N) is 3. The van der Waals surface area contributed by atoms with Gasteiger partial charge in [-0.1, -0.05) is 6.07 Å². The summed E-state index contributed by atoms with van der Waals surface area (Å²) >= 11 is 0. The fraction of sp³-hybridized carbons (Fsp3) is 0.167. The van der Waals surface area contributed by atoms with Gasteiger partial charge in [-0.25, -0.2) is 4.98 Å². The molecular weight excluding hydrogens is 200 g/mol. The topological polar surface area (TPSA) is 46.0 Å². The van der Waals surface area contributed by atoms with Gasteiger partial charge in [0.2, 0.25) is 0 Å². The van der Waals surface area contributed by atoms with E-state index in [0.29, 0.717) is 0 Å². The molecule has 0 fully saturated rings. The molecule has 3 aromatic rings. The number of aromatic nitrogens is 4. The van der Waals surface area contributed by atoms with Crippen LogP contribution in [0.3, 0.4) is 0 Å². The molecule has 0 spiro atoms. The predicted molar refractivity (Wildman–Crippen MR) is 62.2 cm³/mol. The van der Waals surface area contributed by atoms with E-state index in [1.807, 2.05) is 19.1 Å². The number of imidazole rings is 1. The molecule has 0 amide bonds. The molecule has 4 heteroatoms. The summed E-state index contributed by atoms with van der Waals surface area (Å²) in [5.41, 5.74) is 5.26. The smallest absolute Gasteiger partial charge is 0.137 e. The van der Waals surface area contributed by atoms with Crippen molar-refractivity contribution in [3.8, 4) is 11.4 Å². The predicted octanol–water partition coefficient (Wildman–Crippen LogP) is 2.34. The van der Waals surface area contributed by atoms with Crippen molar-refractivity contribution < 1.29 is 0 Å². The molecule has 0 aliphatic heterocycles. The van der Waals surface area contributed by atoms with Gasteiger partial charge in [-0.15, -0.1) is 0 Å². The van der Waals surface area contributed by atoms with E-state index >= 15 is 0 Å². The van der Waals surface area contributed by atoms with Crippen LogP contribution >= 0.6 is 0 Å². The fourth-order valence-corrected chi connectivity index (χ4v) is 1.98. The molecule has 0 unspecified atom stereocenters. The largest absolute Gasteiger partial charge is 0.298 e. The van der Waals surface area contributed by atoms with Crippen LogP contribution in [0, 0.1) is 13.8 Å². The first-order valence-electron chi connectivity index (χ1n) is 5.21. The van der Waals surface area contributed by atoms with Crippen LogP contribution in [0.2, 0.25) is 0 Å². The number of nitrogens with one attached hydrogen (secondary N) is 1. The van der Waals surface area contributed by atoms with E-state index in [0.717, 1.165) is 22.7 Å². The van der Waals surface area contributed by atoms with Gasteiger partial charge in [0, 0.05) is 12.4 Å². The van der Waals surface area contributed by atoms with E-state index in [1.165, 1.54) is 5.56 Å². The van der Waals surface area contributed by atoms with Crippen molar-refractivity contribution in [1.29, 1.82) is 0 Å². The van der Waals surface area contributed by atoms with Crippen LogP contribution < -0.4 is 0 Å².